The van der Waals surface area contributed by atoms with Gasteiger partial charge in [-0.25, -0.2) is 0 Å². The van der Waals surface area contributed by atoms with Crippen molar-refractivity contribution in [3.05, 3.63) is 35.4 Å². The van der Waals surface area contributed by atoms with Gasteiger partial charge < -0.3 is 10.3 Å². The second kappa shape index (κ2) is 3.77. The van der Waals surface area contributed by atoms with Crippen molar-refractivity contribution in [2.75, 3.05) is 5.73 Å². The number of nitrogen functional groups attached to an aromatic ring is 1. The molecule has 2 aromatic rings. The van der Waals surface area contributed by atoms with Crippen LogP contribution in [0.4, 0.5) is 5.88 Å². The van der Waals surface area contributed by atoms with Gasteiger partial charge >= 0.3 is 0 Å². The second-order valence-corrected chi connectivity index (χ2v) is 3.54. The largest absolute Gasteiger partial charge is 0.367 e. The summed E-state index contributed by atoms with van der Waals surface area (Å²) in [6.45, 7) is 4.10. The molecule has 2 N–H and O–H groups in total. The third-order valence-corrected chi connectivity index (χ3v) is 2.57. The summed E-state index contributed by atoms with van der Waals surface area (Å²) in [6.07, 6.45) is 0.832. The number of aromatic nitrogens is 1. The van der Waals surface area contributed by atoms with Gasteiger partial charge in [-0.1, -0.05) is 36.3 Å². The van der Waals surface area contributed by atoms with Gasteiger partial charge in [0.05, 0.1) is 0 Å². The van der Waals surface area contributed by atoms with E-state index in [1.807, 2.05) is 25.1 Å². The van der Waals surface area contributed by atoms with Crippen molar-refractivity contribution in [3.8, 4) is 11.3 Å². The first kappa shape index (κ1) is 9.77. The quantitative estimate of drug-likeness (QED) is 0.814. The van der Waals surface area contributed by atoms with Crippen LogP contribution in [0.2, 0.25) is 0 Å². The maximum atomic E-state index is 5.71. The summed E-state index contributed by atoms with van der Waals surface area (Å²) in [4.78, 5) is 0. The molecule has 0 aliphatic heterocycles. The van der Waals surface area contributed by atoms with Crippen LogP contribution in [0.25, 0.3) is 11.3 Å². The zero-order valence-corrected chi connectivity index (χ0v) is 8.95. The summed E-state index contributed by atoms with van der Waals surface area (Å²) in [7, 11) is 0. The second-order valence-electron chi connectivity index (χ2n) is 3.54. The predicted molar refractivity (Wildman–Crippen MR) is 60.5 cm³/mol. The Morgan fingerprint density at radius 3 is 2.73 bits per heavy atom. The van der Waals surface area contributed by atoms with Crippen molar-refractivity contribution in [1.29, 1.82) is 0 Å². The number of hydrogen-bond donors (Lipinski definition) is 1. The minimum Gasteiger partial charge on any atom is -0.367 e. The molecule has 0 saturated heterocycles. The highest BCUT2D eigenvalue weighted by molar-refractivity contribution is 5.69. The van der Waals surface area contributed by atoms with Gasteiger partial charge in [-0.2, -0.15) is 0 Å². The molecule has 0 aliphatic rings. The van der Waals surface area contributed by atoms with Crippen LogP contribution in [-0.2, 0) is 6.42 Å². The van der Waals surface area contributed by atoms with Crippen LogP contribution in [0.1, 0.15) is 18.1 Å². The molecule has 0 unspecified atom stereocenters. The van der Waals surface area contributed by atoms with Gasteiger partial charge in [-0.15, -0.1) is 0 Å². The van der Waals surface area contributed by atoms with Gasteiger partial charge in [0.2, 0.25) is 5.88 Å². The van der Waals surface area contributed by atoms with Crippen LogP contribution < -0.4 is 5.73 Å². The molecule has 3 nitrogen and oxygen atoms in total. The van der Waals surface area contributed by atoms with Crippen molar-refractivity contribution in [2.24, 2.45) is 0 Å². The number of nitrogens with two attached hydrogens (primary N) is 1. The average Bonchev–Trinajstić information content (AvgIpc) is 2.60. The molecule has 0 saturated carbocycles. The third-order valence-electron chi connectivity index (χ3n) is 2.57. The van der Waals surface area contributed by atoms with E-state index in [4.69, 9.17) is 10.3 Å². The van der Waals surface area contributed by atoms with E-state index in [9.17, 15) is 0 Å². The SMILES string of the molecule is CCc1c(-c2ccccc2C)noc1N. The summed E-state index contributed by atoms with van der Waals surface area (Å²) in [5.74, 6) is 0.427. The van der Waals surface area contributed by atoms with Crippen molar-refractivity contribution in [1.82, 2.24) is 5.16 Å². The van der Waals surface area contributed by atoms with Gasteiger partial charge in [-0.3, -0.25) is 0 Å². The molecule has 0 aliphatic carbocycles. The van der Waals surface area contributed by atoms with Crippen LogP contribution in [0.3, 0.4) is 0 Å². The van der Waals surface area contributed by atoms with Gasteiger partial charge in [0.1, 0.15) is 5.69 Å². The van der Waals surface area contributed by atoms with E-state index in [0.29, 0.717) is 5.88 Å². The fourth-order valence-corrected chi connectivity index (χ4v) is 1.71. The molecule has 1 heterocycles. The molecule has 0 fully saturated rings. The summed E-state index contributed by atoms with van der Waals surface area (Å²) >= 11 is 0. The first-order valence-electron chi connectivity index (χ1n) is 5.04. The van der Waals surface area contributed by atoms with Crippen molar-refractivity contribution in [2.45, 2.75) is 20.3 Å². The van der Waals surface area contributed by atoms with E-state index in [-0.39, 0.29) is 0 Å². The fraction of sp³-hybridized carbons (Fsp3) is 0.250. The Morgan fingerprint density at radius 2 is 2.07 bits per heavy atom. The van der Waals surface area contributed by atoms with E-state index < -0.39 is 0 Å². The average molecular weight is 202 g/mol. The third kappa shape index (κ3) is 1.61. The lowest BCUT2D eigenvalue weighted by molar-refractivity contribution is 0.438. The van der Waals surface area contributed by atoms with Crippen LogP contribution in [0, 0.1) is 6.92 Å². The molecule has 0 radical (unpaired) electrons. The Balaban J connectivity index is 2.59. The monoisotopic (exact) mass is 202 g/mol. The summed E-state index contributed by atoms with van der Waals surface area (Å²) < 4.78 is 5.02. The Kier molecular flexibility index (Phi) is 2.46. The van der Waals surface area contributed by atoms with E-state index >= 15 is 0 Å². The van der Waals surface area contributed by atoms with Crippen molar-refractivity contribution >= 4 is 5.88 Å². The molecule has 1 aromatic heterocycles. The molecule has 1 aromatic carbocycles. The summed E-state index contributed by atoms with van der Waals surface area (Å²) in [5.41, 5.74) is 9.84. The van der Waals surface area contributed by atoms with Gasteiger partial charge in [0.15, 0.2) is 0 Å². The van der Waals surface area contributed by atoms with Gasteiger partial charge in [0, 0.05) is 11.1 Å². The minimum atomic E-state index is 0.427. The first-order valence-corrected chi connectivity index (χ1v) is 5.04. The van der Waals surface area contributed by atoms with Crippen LogP contribution in [0.5, 0.6) is 0 Å². The Labute approximate surface area is 88.9 Å². The van der Waals surface area contributed by atoms with Crippen molar-refractivity contribution in [3.63, 3.8) is 0 Å². The predicted octanol–water partition coefficient (Wildman–Crippen LogP) is 2.79. The van der Waals surface area contributed by atoms with Gasteiger partial charge in [-0.05, 0) is 18.9 Å². The van der Waals surface area contributed by atoms with Gasteiger partial charge in [0.25, 0.3) is 0 Å². The maximum absolute atomic E-state index is 5.71. The zero-order chi connectivity index (χ0) is 10.8. The zero-order valence-electron chi connectivity index (χ0n) is 8.95. The molecule has 0 spiro atoms. The van der Waals surface area contributed by atoms with E-state index in [1.165, 1.54) is 5.56 Å². The minimum absolute atomic E-state index is 0.427. The van der Waals surface area contributed by atoms with Crippen molar-refractivity contribution < 1.29 is 4.52 Å². The number of rotatable bonds is 2. The molecule has 2 rings (SSSR count). The van der Waals surface area contributed by atoms with Crippen LogP contribution in [0.15, 0.2) is 28.8 Å². The number of nitrogens with zero attached hydrogens (tertiary/aromatic N) is 1. The van der Waals surface area contributed by atoms with Crippen LogP contribution in [-0.4, -0.2) is 5.16 Å². The standard InChI is InChI=1S/C12H14N2O/c1-3-9-11(14-15-12(9)13)10-7-5-4-6-8(10)2/h4-7H,3,13H2,1-2H3. The number of hydrogen-bond acceptors (Lipinski definition) is 3. The van der Waals surface area contributed by atoms with E-state index in [2.05, 4.69) is 18.1 Å². The molecule has 0 bridgehead atoms. The highest BCUT2D eigenvalue weighted by atomic mass is 16.5. The molecule has 3 heteroatoms. The fourth-order valence-electron chi connectivity index (χ4n) is 1.71. The normalized spacial score (nSPS) is 10.5. The molecule has 0 atom stereocenters. The molecular formula is C12H14N2O. The lowest BCUT2D eigenvalue weighted by atomic mass is 10.0. The highest BCUT2D eigenvalue weighted by Crippen LogP contribution is 2.29. The lowest BCUT2D eigenvalue weighted by Crippen LogP contribution is -1.91. The smallest absolute Gasteiger partial charge is 0.225 e. The highest BCUT2D eigenvalue weighted by Gasteiger charge is 2.14. The molecule has 0 amide bonds. The first-order chi connectivity index (χ1) is 7.24. The molecular weight excluding hydrogens is 188 g/mol. The van der Waals surface area contributed by atoms with Crippen LogP contribution >= 0.6 is 0 Å². The Bertz CT molecular complexity index is 474. The van der Waals surface area contributed by atoms with E-state index in [0.717, 1.165) is 23.2 Å². The molecule has 78 valence electrons. The Morgan fingerprint density at radius 1 is 1.33 bits per heavy atom. The van der Waals surface area contributed by atoms with E-state index in [1.54, 1.807) is 0 Å². The number of benzene rings is 1. The maximum Gasteiger partial charge on any atom is 0.225 e. The Hall–Kier alpha value is -1.77. The molecule has 15 heavy (non-hydrogen) atoms. The number of aryl methyl sites for hydroxylation is 1. The summed E-state index contributed by atoms with van der Waals surface area (Å²) in [6, 6.07) is 8.09. The topological polar surface area (TPSA) is 52.0 Å². The lowest BCUT2D eigenvalue weighted by Gasteiger charge is -2.02. The summed E-state index contributed by atoms with van der Waals surface area (Å²) in [5, 5.41) is 4.02. The number of anilines is 1.